The summed E-state index contributed by atoms with van der Waals surface area (Å²) in [5.41, 5.74) is 0. The van der Waals surface area contributed by atoms with Gasteiger partial charge in [-0.3, -0.25) is 0 Å². The number of rotatable bonds is 8. The Bertz CT molecular complexity index is 509. The Morgan fingerprint density at radius 1 is 1.30 bits per heavy atom. The molecule has 1 atom stereocenters. The van der Waals surface area contributed by atoms with Gasteiger partial charge in [0.15, 0.2) is 0 Å². The molecule has 0 saturated heterocycles. The van der Waals surface area contributed by atoms with Crippen molar-refractivity contribution in [2.45, 2.75) is 44.3 Å². The summed E-state index contributed by atoms with van der Waals surface area (Å²) in [6.07, 6.45) is 0. The number of nitrogens with one attached hydrogen (secondary N) is 2. The van der Waals surface area contributed by atoms with Gasteiger partial charge < -0.3 is 10.2 Å². The molecule has 1 aromatic rings. The molecule has 0 amide bonds. The van der Waals surface area contributed by atoms with Crippen molar-refractivity contribution < 1.29 is 8.42 Å². The number of hydrogen-bond donors (Lipinski definition) is 2. The van der Waals surface area contributed by atoms with Crippen LogP contribution in [-0.2, 0) is 16.6 Å². The van der Waals surface area contributed by atoms with E-state index in [1.54, 1.807) is 6.07 Å². The molecule has 1 rings (SSSR count). The van der Waals surface area contributed by atoms with Gasteiger partial charge in [0.05, 0.1) is 4.90 Å². The predicted octanol–water partition coefficient (Wildman–Crippen LogP) is 1.47. The van der Waals surface area contributed by atoms with Gasteiger partial charge in [0.2, 0.25) is 10.0 Å². The van der Waals surface area contributed by atoms with E-state index in [0.717, 1.165) is 4.88 Å². The number of thiophene rings is 1. The largest absolute Gasteiger partial charge is 0.310 e. The Kier molecular flexibility index (Phi) is 6.60. The highest BCUT2D eigenvalue weighted by Crippen LogP contribution is 2.22. The van der Waals surface area contributed by atoms with Crippen molar-refractivity contribution in [3.05, 3.63) is 16.3 Å². The number of sulfonamides is 1. The fourth-order valence-electron chi connectivity index (χ4n) is 1.91. The SMILES string of the molecule is CC(C)NCc1sccc1S(=O)(=O)NC(C)CN(C)C. The minimum Gasteiger partial charge on any atom is -0.310 e. The van der Waals surface area contributed by atoms with Crippen LogP contribution < -0.4 is 10.0 Å². The van der Waals surface area contributed by atoms with E-state index >= 15 is 0 Å². The molecule has 0 aromatic carbocycles. The summed E-state index contributed by atoms with van der Waals surface area (Å²) in [5.74, 6) is 0. The molecule has 2 N–H and O–H groups in total. The molecule has 5 nitrogen and oxygen atoms in total. The average molecular weight is 319 g/mol. The molecule has 20 heavy (non-hydrogen) atoms. The van der Waals surface area contributed by atoms with Crippen molar-refractivity contribution in [3.63, 3.8) is 0 Å². The highest BCUT2D eigenvalue weighted by molar-refractivity contribution is 7.89. The Morgan fingerprint density at radius 2 is 1.95 bits per heavy atom. The van der Waals surface area contributed by atoms with Crippen molar-refractivity contribution in [1.29, 1.82) is 0 Å². The fourth-order valence-corrected chi connectivity index (χ4v) is 4.54. The molecule has 0 spiro atoms. The van der Waals surface area contributed by atoms with Gasteiger partial charge in [0.1, 0.15) is 0 Å². The third-order valence-corrected chi connectivity index (χ3v) is 5.38. The van der Waals surface area contributed by atoms with Crippen LogP contribution in [0.4, 0.5) is 0 Å². The first-order valence-corrected chi connectivity index (χ1v) is 9.05. The highest BCUT2D eigenvalue weighted by atomic mass is 32.2. The molecule has 0 aliphatic carbocycles. The molecule has 7 heteroatoms. The van der Waals surface area contributed by atoms with E-state index < -0.39 is 10.0 Å². The van der Waals surface area contributed by atoms with E-state index in [1.165, 1.54) is 11.3 Å². The predicted molar refractivity (Wildman–Crippen MR) is 84.6 cm³/mol. The molecule has 0 bridgehead atoms. The van der Waals surface area contributed by atoms with Crippen LogP contribution in [0.5, 0.6) is 0 Å². The summed E-state index contributed by atoms with van der Waals surface area (Å²) in [5, 5.41) is 5.08. The summed E-state index contributed by atoms with van der Waals surface area (Å²) in [7, 11) is 0.401. The lowest BCUT2D eigenvalue weighted by molar-refractivity contribution is 0.370. The van der Waals surface area contributed by atoms with Crippen molar-refractivity contribution in [3.8, 4) is 0 Å². The molecule has 0 aliphatic heterocycles. The van der Waals surface area contributed by atoms with Crippen LogP contribution >= 0.6 is 11.3 Å². The van der Waals surface area contributed by atoms with Crippen LogP contribution in [-0.4, -0.2) is 46.0 Å². The Hall–Kier alpha value is -0.470. The minimum atomic E-state index is -3.45. The lowest BCUT2D eigenvalue weighted by Gasteiger charge is -2.18. The standard InChI is InChI=1S/C13H25N3O2S2/c1-10(2)14-8-12-13(6-7-19-12)20(17,18)15-11(3)9-16(4)5/h6-7,10-11,14-15H,8-9H2,1-5H3. The second-order valence-electron chi connectivity index (χ2n) is 5.53. The summed E-state index contributed by atoms with van der Waals surface area (Å²) in [6, 6.07) is 1.88. The maximum absolute atomic E-state index is 12.4. The maximum Gasteiger partial charge on any atom is 0.242 e. The van der Waals surface area contributed by atoms with Crippen molar-refractivity contribution >= 4 is 21.4 Å². The van der Waals surface area contributed by atoms with Crippen LogP contribution in [0.3, 0.4) is 0 Å². The zero-order chi connectivity index (χ0) is 15.3. The van der Waals surface area contributed by atoms with Crippen molar-refractivity contribution in [2.24, 2.45) is 0 Å². The number of likely N-dealkylation sites (N-methyl/N-ethyl adjacent to an activating group) is 1. The normalized spacial score (nSPS) is 14.2. The van der Waals surface area contributed by atoms with Crippen molar-refractivity contribution in [1.82, 2.24) is 14.9 Å². The summed E-state index contributed by atoms with van der Waals surface area (Å²) < 4.78 is 27.5. The fraction of sp³-hybridized carbons (Fsp3) is 0.692. The smallest absolute Gasteiger partial charge is 0.242 e. The van der Waals surface area contributed by atoms with E-state index in [4.69, 9.17) is 0 Å². The molecule has 1 unspecified atom stereocenters. The molecule has 0 fully saturated rings. The second-order valence-corrected chi connectivity index (χ2v) is 8.21. The van der Waals surface area contributed by atoms with E-state index in [1.807, 2.05) is 45.1 Å². The Morgan fingerprint density at radius 3 is 2.50 bits per heavy atom. The number of nitrogens with zero attached hydrogens (tertiary/aromatic N) is 1. The Labute approximate surface area is 126 Å². The maximum atomic E-state index is 12.4. The first-order chi connectivity index (χ1) is 9.22. The van der Waals surface area contributed by atoms with Crippen LogP contribution in [0.1, 0.15) is 25.6 Å². The first kappa shape index (κ1) is 17.6. The summed E-state index contributed by atoms with van der Waals surface area (Å²) in [6.45, 7) is 7.20. The molecule has 116 valence electrons. The van der Waals surface area contributed by atoms with E-state index in [2.05, 4.69) is 10.0 Å². The van der Waals surface area contributed by atoms with Gasteiger partial charge in [-0.05, 0) is 32.5 Å². The van der Waals surface area contributed by atoms with Crippen LogP contribution in [0.25, 0.3) is 0 Å². The molecular formula is C13H25N3O2S2. The lowest BCUT2D eigenvalue weighted by Crippen LogP contribution is -2.39. The topological polar surface area (TPSA) is 61.4 Å². The average Bonchev–Trinajstić information content (AvgIpc) is 2.72. The van der Waals surface area contributed by atoms with Gasteiger partial charge in [-0.25, -0.2) is 13.1 Å². The van der Waals surface area contributed by atoms with Gasteiger partial charge in [0, 0.05) is 30.1 Å². The van der Waals surface area contributed by atoms with Gasteiger partial charge in [0.25, 0.3) is 0 Å². The van der Waals surface area contributed by atoms with Gasteiger partial charge in [-0.1, -0.05) is 13.8 Å². The van der Waals surface area contributed by atoms with Crippen molar-refractivity contribution in [2.75, 3.05) is 20.6 Å². The number of hydrogen-bond acceptors (Lipinski definition) is 5. The van der Waals surface area contributed by atoms with E-state index in [-0.39, 0.29) is 6.04 Å². The lowest BCUT2D eigenvalue weighted by atomic mass is 10.3. The summed E-state index contributed by atoms with van der Waals surface area (Å²) >= 11 is 1.47. The molecular weight excluding hydrogens is 294 g/mol. The molecule has 0 aliphatic rings. The second kappa shape index (κ2) is 7.51. The van der Waals surface area contributed by atoms with E-state index in [0.29, 0.717) is 24.0 Å². The monoisotopic (exact) mass is 319 g/mol. The van der Waals surface area contributed by atoms with Crippen LogP contribution in [0, 0.1) is 0 Å². The van der Waals surface area contributed by atoms with Gasteiger partial charge >= 0.3 is 0 Å². The van der Waals surface area contributed by atoms with Crippen LogP contribution in [0.2, 0.25) is 0 Å². The molecule has 0 radical (unpaired) electrons. The molecule has 1 heterocycles. The third-order valence-electron chi connectivity index (χ3n) is 2.66. The Balaban J connectivity index is 2.80. The zero-order valence-electron chi connectivity index (χ0n) is 12.8. The quantitative estimate of drug-likeness (QED) is 0.762. The highest BCUT2D eigenvalue weighted by Gasteiger charge is 2.22. The van der Waals surface area contributed by atoms with Gasteiger partial charge in [-0.15, -0.1) is 11.3 Å². The summed E-state index contributed by atoms with van der Waals surface area (Å²) in [4.78, 5) is 3.20. The molecule has 1 aromatic heterocycles. The van der Waals surface area contributed by atoms with Crippen LogP contribution in [0.15, 0.2) is 16.3 Å². The molecule has 0 saturated carbocycles. The van der Waals surface area contributed by atoms with Gasteiger partial charge in [-0.2, -0.15) is 0 Å². The third kappa shape index (κ3) is 5.49. The van der Waals surface area contributed by atoms with E-state index in [9.17, 15) is 8.42 Å². The first-order valence-electron chi connectivity index (χ1n) is 6.69. The zero-order valence-corrected chi connectivity index (χ0v) is 14.4. The minimum absolute atomic E-state index is 0.124.